The van der Waals surface area contributed by atoms with Crippen LogP contribution >= 0.6 is 0 Å². The van der Waals surface area contributed by atoms with Gasteiger partial charge in [-0.3, -0.25) is 9.69 Å². The van der Waals surface area contributed by atoms with Crippen LogP contribution < -0.4 is 5.32 Å². The molecular weight excluding hydrogens is 255 g/mol. The van der Waals surface area contributed by atoms with Crippen molar-refractivity contribution in [3.05, 3.63) is 35.1 Å². The Morgan fingerprint density at radius 2 is 2.00 bits per heavy atom. The number of benzene rings is 1. The fourth-order valence-electron chi connectivity index (χ4n) is 2.91. The molecule has 4 heteroatoms. The smallest absolute Gasteiger partial charge is 0.251 e. The van der Waals surface area contributed by atoms with Gasteiger partial charge in [-0.1, -0.05) is 19.9 Å². The van der Waals surface area contributed by atoms with E-state index in [1.807, 2.05) is 0 Å². The summed E-state index contributed by atoms with van der Waals surface area (Å²) in [6.07, 6.45) is 2.36. The fraction of sp³-hybridized carbons (Fsp3) is 0.562. The Morgan fingerprint density at radius 3 is 2.50 bits per heavy atom. The number of carbonyl (C=O) groups excluding carboxylic acids is 1. The molecular formula is C16H23FN2O. The van der Waals surface area contributed by atoms with Crippen molar-refractivity contribution in [1.82, 2.24) is 10.2 Å². The van der Waals surface area contributed by atoms with Crippen LogP contribution in [0.25, 0.3) is 0 Å². The van der Waals surface area contributed by atoms with E-state index in [4.69, 9.17) is 0 Å². The molecule has 1 heterocycles. The van der Waals surface area contributed by atoms with Crippen molar-refractivity contribution in [2.75, 3.05) is 20.1 Å². The van der Waals surface area contributed by atoms with Gasteiger partial charge in [-0.2, -0.15) is 0 Å². The molecule has 0 unspecified atom stereocenters. The van der Waals surface area contributed by atoms with Crippen molar-refractivity contribution in [2.24, 2.45) is 5.41 Å². The number of halogens is 1. The van der Waals surface area contributed by atoms with Gasteiger partial charge in [0.1, 0.15) is 5.82 Å². The van der Waals surface area contributed by atoms with Crippen LogP contribution in [-0.2, 0) is 6.54 Å². The molecule has 0 atom stereocenters. The second-order valence-electron chi connectivity index (χ2n) is 5.74. The van der Waals surface area contributed by atoms with Crippen molar-refractivity contribution in [1.29, 1.82) is 0 Å². The number of nitrogens with zero attached hydrogens (tertiary/aromatic N) is 1. The number of amides is 1. The molecule has 110 valence electrons. The summed E-state index contributed by atoms with van der Waals surface area (Å²) in [6, 6.07) is 4.72. The lowest BCUT2D eigenvalue weighted by Crippen LogP contribution is -2.55. The number of hydrogen-bond acceptors (Lipinski definition) is 2. The van der Waals surface area contributed by atoms with Crippen molar-refractivity contribution in [3.8, 4) is 0 Å². The zero-order valence-electron chi connectivity index (χ0n) is 12.5. The summed E-state index contributed by atoms with van der Waals surface area (Å²) in [7, 11) is 1.54. The molecule has 0 radical (unpaired) electrons. The Hall–Kier alpha value is -1.42. The third-order valence-electron chi connectivity index (χ3n) is 4.55. The molecule has 1 amide bonds. The second-order valence-corrected chi connectivity index (χ2v) is 5.74. The van der Waals surface area contributed by atoms with Crippen LogP contribution in [0.3, 0.4) is 0 Å². The Morgan fingerprint density at radius 1 is 1.35 bits per heavy atom. The number of rotatable bonds is 5. The lowest BCUT2D eigenvalue weighted by molar-refractivity contribution is -0.0126. The maximum Gasteiger partial charge on any atom is 0.251 e. The van der Waals surface area contributed by atoms with Crippen LogP contribution in [0, 0.1) is 11.2 Å². The predicted octanol–water partition coefficient (Wildman–Crippen LogP) is 2.81. The predicted molar refractivity (Wildman–Crippen MR) is 78.1 cm³/mol. The lowest BCUT2D eigenvalue weighted by atomic mass is 9.75. The van der Waals surface area contributed by atoms with Crippen LogP contribution in [0.1, 0.15) is 42.6 Å². The minimum atomic E-state index is -0.295. The highest BCUT2D eigenvalue weighted by Crippen LogP contribution is 2.37. The summed E-state index contributed by atoms with van der Waals surface area (Å²) in [5, 5.41) is 2.50. The van der Waals surface area contributed by atoms with Gasteiger partial charge in [0, 0.05) is 37.8 Å². The van der Waals surface area contributed by atoms with Crippen LogP contribution in [0.15, 0.2) is 18.2 Å². The molecule has 1 aliphatic heterocycles. The summed E-state index contributed by atoms with van der Waals surface area (Å²) in [5.74, 6) is -0.549. The van der Waals surface area contributed by atoms with Crippen LogP contribution in [0.4, 0.5) is 4.39 Å². The van der Waals surface area contributed by atoms with E-state index in [1.54, 1.807) is 19.2 Å². The minimum absolute atomic E-state index is 0.254. The summed E-state index contributed by atoms with van der Waals surface area (Å²) in [5.41, 5.74) is 1.46. The molecule has 20 heavy (non-hydrogen) atoms. The van der Waals surface area contributed by atoms with Gasteiger partial charge in [-0.05, 0) is 30.4 Å². The van der Waals surface area contributed by atoms with E-state index in [9.17, 15) is 9.18 Å². The molecule has 1 fully saturated rings. The highest BCUT2D eigenvalue weighted by molar-refractivity contribution is 5.93. The van der Waals surface area contributed by atoms with Crippen LogP contribution in [0.2, 0.25) is 0 Å². The van der Waals surface area contributed by atoms with Gasteiger partial charge in [-0.15, -0.1) is 0 Å². The molecule has 0 saturated carbocycles. The molecule has 3 nitrogen and oxygen atoms in total. The molecule has 1 aromatic carbocycles. The second kappa shape index (κ2) is 5.92. The van der Waals surface area contributed by atoms with Crippen molar-refractivity contribution >= 4 is 5.91 Å². The fourth-order valence-corrected chi connectivity index (χ4v) is 2.91. The summed E-state index contributed by atoms with van der Waals surface area (Å²) in [4.78, 5) is 13.7. The van der Waals surface area contributed by atoms with E-state index in [2.05, 4.69) is 24.1 Å². The average Bonchev–Trinajstić information content (AvgIpc) is 2.43. The van der Waals surface area contributed by atoms with Gasteiger partial charge in [0.15, 0.2) is 0 Å². The Labute approximate surface area is 120 Å². The third kappa shape index (κ3) is 2.85. The van der Waals surface area contributed by atoms with Gasteiger partial charge in [0.2, 0.25) is 0 Å². The van der Waals surface area contributed by atoms with E-state index >= 15 is 0 Å². The molecule has 0 bridgehead atoms. The lowest BCUT2D eigenvalue weighted by Gasteiger charge is -2.50. The monoisotopic (exact) mass is 278 g/mol. The van der Waals surface area contributed by atoms with Crippen LogP contribution in [0.5, 0.6) is 0 Å². The van der Waals surface area contributed by atoms with Gasteiger partial charge >= 0.3 is 0 Å². The normalized spacial score (nSPS) is 17.6. The first kappa shape index (κ1) is 15.0. The molecule has 1 saturated heterocycles. The van der Waals surface area contributed by atoms with E-state index in [-0.39, 0.29) is 11.7 Å². The molecule has 0 spiro atoms. The number of likely N-dealkylation sites (tertiary alicyclic amines) is 1. The number of nitrogens with one attached hydrogen (secondary N) is 1. The Kier molecular flexibility index (Phi) is 4.43. The van der Waals surface area contributed by atoms with E-state index < -0.39 is 0 Å². The SMILES string of the molecule is CCC1(CC)CN(Cc2ccc(C(=O)NC)cc2F)C1. The first-order chi connectivity index (χ1) is 9.53. The number of carbonyl (C=O) groups is 1. The average molecular weight is 278 g/mol. The number of hydrogen-bond donors (Lipinski definition) is 1. The van der Waals surface area contributed by atoms with E-state index in [1.165, 1.54) is 18.9 Å². The summed E-state index contributed by atoms with van der Waals surface area (Å²) >= 11 is 0. The zero-order chi connectivity index (χ0) is 14.8. The van der Waals surface area contributed by atoms with Crippen molar-refractivity contribution in [2.45, 2.75) is 33.2 Å². The van der Waals surface area contributed by atoms with Gasteiger partial charge < -0.3 is 5.32 Å². The minimum Gasteiger partial charge on any atom is -0.355 e. The quantitative estimate of drug-likeness (QED) is 0.898. The molecule has 0 aromatic heterocycles. The summed E-state index contributed by atoms with van der Waals surface area (Å²) in [6.45, 7) is 7.15. The first-order valence-corrected chi connectivity index (χ1v) is 7.26. The molecule has 0 aliphatic carbocycles. The van der Waals surface area contributed by atoms with E-state index in [0.717, 1.165) is 13.1 Å². The Balaban J connectivity index is 2.00. The molecule has 2 rings (SSSR count). The topological polar surface area (TPSA) is 32.3 Å². The maximum atomic E-state index is 14.0. The highest BCUT2D eigenvalue weighted by atomic mass is 19.1. The Bertz CT molecular complexity index is 489. The van der Waals surface area contributed by atoms with Crippen molar-refractivity contribution in [3.63, 3.8) is 0 Å². The maximum absolute atomic E-state index is 14.0. The van der Waals surface area contributed by atoms with Crippen LogP contribution in [-0.4, -0.2) is 30.9 Å². The van der Waals surface area contributed by atoms with Gasteiger partial charge in [-0.25, -0.2) is 4.39 Å². The summed E-state index contributed by atoms with van der Waals surface area (Å²) < 4.78 is 14.0. The standard InChI is InChI=1S/C16H23FN2O/c1-4-16(5-2)10-19(11-16)9-13-7-6-12(8-14(13)17)15(20)18-3/h6-8H,4-5,9-11H2,1-3H3,(H,18,20). The third-order valence-corrected chi connectivity index (χ3v) is 4.55. The van der Waals surface area contributed by atoms with Crippen molar-refractivity contribution < 1.29 is 9.18 Å². The van der Waals surface area contributed by atoms with E-state index in [0.29, 0.717) is 23.1 Å². The first-order valence-electron chi connectivity index (χ1n) is 7.26. The molecule has 1 N–H and O–H groups in total. The molecule has 1 aromatic rings. The van der Waals surface area contributed by atoms with Gasteiger partial charge in [0.05, 0.1) is 0 Å². The largest absolute Gasteiger partial charge is 0.355 e. The highest BCUT2D eigenvalue weighted by Gasteiger charge is 2.39. The molecule has 1 aliphatic rings. The van der Waals surface area contributed by atoms with Gasteiger partial charge in [0.25, 0.3) is 5.91 Å². The zero-order valence-corrected chi connectivity index (χ0v) is 12.5.